The minimum Gasteiger partial charge on any atom is -0.542 e. The molecule has 3 rings (SSSR count). The predicted molar refractivity (Wildman–Crippen MR) is 91.0 cm³/mol. The summed E-state index contributed by atoms with van der Waals surface area (Å²) in [6.07, 6.45) is -3.15. The largest absolute Gasteiger partial charge is 0.542 e. The van der Waals surface area contributed by atoms with Crippen LogP contribution in [0.25, 0.3) is 16.4 Å². The lowest BCUT2D eigenvalue weighted by molar-refractivity contribution is -0.521. The predicted octanol–water partition coefficient (Wildman–Crippen LogP) is 2.75. The highest BCUT2D eigenvalue weighted by Gasteiger charge is 2.28. The van der Waals surface area contributed by atoms with Gasteiger partial charge in [0.2, 0.25) is 9.21 Å². The fourth-order valence-electron chi connectivity index (χ4n) is 2.10. The molecule has 0 spiro atoms. The van der Waals surface area contributed by atoms with E-state index >= 15 is 0 Å². The number of carbonyl (C=O) groups is 1. The van der Waals surface area contributed by atoms with Crippen molar-refractivity contribution in [2.24, 2.45) is 0 Å². The molecule has 1 N–H and O–H groups in total. The Kier molecular flexibility index (Phi) is 6.02. The number of aliphatic carboxylic acids is 1. The number of H-pyrrole nitrogens is 1. The topological polar surface area (TPSA) is 78.5 Å². The number of aromatic nitrogens is 2. The zero-order chi connectivity index (χ0) is 19.6. The zero-order valence-electron chi connectivity index (χ0n) is 13.3. The van der Waals surface area contributed by atoms with Gasteiger partial charge in [0, 0.05) is 43.3 Å². The number of alkyl halides is 3. The smallest absolute Gasteiger partial charge is 0.430 e. The Balaban J connectivity index is 0.000000298. The van der Waals surface area contributed by atoms with Gasteiger partial charge in [-0.3, -0.25) is 0 Å². The quantitative estimate of drug-likeness (QED) is 0.550. The number of methoxy groups -OCH3 is 2. The van der Waals surface area contributed by atoms with Gasteiger partial charge in [0.25, 0.3) is 5.65 Å². The molecule has 0 bridgehead atoms. The number of imidazole rings is 1. The Morgan fingerprint density at radius 1 is 1.12 bits per heavy atom. The normalized spacial score (nSPS) is 11.2. The summed E-state index contributed by atoms with van der Waals surface area (Å²) in [5.41, 5.74) is 0.985. The second-order valence-corrected chi connectivity index (χ2v) is 6.42. The molecule has 0 atom stereocenters. The van der Waals surface area contributed by atoms with Crippen molar-refractivity contribution in [3.05, 3.63) is 33.6 Å². The third-order valence-electron chi connectivity index (χ3n) is 3.27. The first-order chi connectivity index (χ1) is 12.1. The number of ether oxygens (including phenoxy) is 2. The van der Waals surface area contributed by atoms with E-state index in [1.54, 1.807) is 14.2 Å². The second kappa shape index (κ2) is 7.70. The lowest BCUT2D eigenvalue weighted by Crippen LogP contribution is -2.37. The molecule has 0 radical (unpaired) electrons. The maximum atomic E-state index is 10.5. The zero-order valence-corrected chi connectivity index (χ0v) is 16.5. The molecule has 3 aromatic rings. The fourth-order valence-corrected chi connectivity index (χ4v) is 2.89. The highest BCUT2D eigenvalue weighted by molar-refractivity contribution is 9.13. The van der Waals surface area contributed by atoms with Gasteiger partial charge >= 0.3 is 6.18 Å². The molecule has 0 aliphatic heterocycles. The van der Waals surface area contributed by atoms with Crippen molar-refractivity contribution in [2.75, 3.05) is 14.2 Å². The van der Waals surface area contributed by atoms with Gasteiger partial charge in [-0.1, -0.05) is 0 Å². The third kappa shape index (κ3) is 4.21. The van der Waals surface area contributed by atoms with Crippen molar-refractivity contribution < 1.29 is 36.9 Å². The summed E-state index contributed by atoms with van der Waals surface area (Å²) in [6.45, 7) is 0. The lowest BCUT2D eigenvalue weighted by Gasteiger charge is -2.08. The Morgan fingerprint density at radius 3 is 2.08 bits per heavy atom. The van der Waals surface area contributed by atoms with Crippen LogP contribution < -0.4 is 19.0 Å². The average Bonchev–Trinajstić information content (AvgIpc) is 2.85. The first kappa shape index (κ1) is 20.3. The van der Waals surface area contributed by atoms with Crippen molar-refractivity contribution in [1.82, 2.24) is 4.98 Å². The number of carboxylic acids is 1. The number of benzene rings is 1. The first-order valence-corrected chi connectivity index (χ1v) is 8.39. The molecule has 2 heterocycles. The molecule has 0 saturated heterocycles. The van der Waals surface area contributed by atoms with Crippen LogP contribution >= 0.6 is 31.9 Å². The number of nitrogens with one attached hydrogen (secondary N) is 1. The minimum atomic E-state index is -5.19. The van der Waals surface area contributed by atoms with Crippen LogP contribution in [-0.2, 0) is 4.79 Å². The Hall–Kier alpha value is -2.01. The number of pyridine rings is 1. The molecule has 0 fully saturated rings. The van der Waals surface area contributed by atoms with Crippen LogP contribution in [0, 0.1) is 0 Å². The van der Waals surface area contributed by atoms with Crippen LogP contribution in [-0.4, -0.2) is 31.3 Å². The van der Waals surface area contributed by atoms with Crippen LogP contribution in [0.15, 0.2) is 33.6 Å². The molecular weight excluding hydrogens is 489 g/mol. The second-order valence-electron chi connectivity index (χ2n) is 4.88. The van der Waals surface area contributed by atoms with E-state index in [0.717, 1.165) is 37.1 Å². The van der Waals surface area contributed by atoms with E-state index in [0.29, 0.717) is 0 Å². The maximum Gasteiger partial charge on any atom is 0.430 e. The monoisotopic (exact) mass is 498 g/mol. The number of nitrogens with zero attached hydrogens (tertiary/aromatic N) is 1. The van der Waals surface area contributed by atoms with Gasteiger partial charge < -0.3 is 19.4 Å². The van der Waals surface area contributed by atoms with Gasteiger partial charge in [-0.15, -0.1) is 0 Å². The van der Waals surface area contributed by atoms with E-state index in [9.17, 15) is 13.2 Å². The van der Waals surface area contributed by atoms with Gasteiger partial charge in [-0.05, 0) is 17.5 Å². The number of carboxylic acid groups (broad SMARTS) is 1. The van der Waals surface area contributed by atoms with Crippen LogP contribution in [0.1, 0.15) is 0 Å². The van der Waals surface area contributed by atoms with Crippen molar-refractivity contribution in [3.63, 3.8) is 0 Å². The molecule has 0 unspecified atom stereocenters. The summed E-state index contributed by atoms with van der Waals surface area (Å²) in [7, 11) is 3.27. The molecule has 26 heavy (non-hydrogen) atoms. The number of carbonyl (C=O) groups excluding carboxylic acids is 1. The molecule has 0 amide bonds. The van der Waals surface area contributed by atoms with E-state index in [-0.39, 0.29) is 0 Å². The Labute approximate surface area is 161 Å². The van der Waals surface area contributed by atoms with E-state index in [2.05, 4.69) is 42.9 Å². The lowest BCUT2D eigenvalue weighted by atomic mass is 10.1. The van der Waals surface area contributed by atoms with Crippen LogP contribution in [0.3, 0.4) is 0 Å². The van der Waals surface area contributed by atoms with Crippen molar-refractivity contribution in [1.29, 1.82) is 0 Å². The van der Waals surface area contributed by atoms with Gasteiger partial charge in [0.1, 0.15) is 12.2 Å². The first-order valence-electron chi connectivity index (χ1n) is 6.80. The van der Waals surface area contributed by atoms with Crippen molar-refractivity contribution in [3.8, 4) is 11.5 Å². The number of hydrogen-bond acceptors (Lipinski definition) is 4. The summed E-state index contributed by atoms with van der Waals surface area (Å²) in [5.74, 6) is -1.56. The summed E-state index contributed by atoms with van der Waals surface area (Å²) >= 11 is 6.99. The van der Waals surface area contributed by atoms with Crippen LogP contribution in [0.5, 0.6) is 11.5 Å². The number of rotatable bonds is 2. The molecule has 1 aromatic carbocycles. The number of aromatic amines is 1. The molecule has 140 valence electrons. The molecule has 0 aliphatic carbocycles. The molecule has 11 heteroatoms. The van der Waals surface area contributed by atoms with E-state index in [1.165, 1.54) is 0 Å². The van der Waals surface area contributed by atoms with Gasteiger partial charge in [0.05, 0.1) is 14.2 Å². The molecular formula is C15H11Br2F3N2O4. The average molecular weight is 500 g/mol. The number of fused-ring (bicyclic) bond motifs is 2. The van der Waals surface area contributed by atoms with Crippen LogP contribution in [0.4, 0.5) is 13.2 Å². The highest BCUT2D eigenvalue weighted by Crippen LogP contribution is 2.32. The number of hydrogen-bond donors (Lipinski definition) is 1. The van der Waals surface area contributed by atoms with Gasteiger partial charge in [-0.2, -0.15) is 17.6 Å². The summed E-state index contributed by atoms with van der Waals surface area (Å²) in [6, 6.07) is 6.00. The molecule has 2 aromatic heterocycles. The molecule has 0 aliphatic rings. The summed E-state index contributed by atoms with van der Waals surface area (Å²) in [4.78, 5) is 12.0. The highest BCUT2D eigenvalue weighted by atomic mass is 79.9. The standard InChI is InChI=1S/C13H10Br2N2O2.C2HF3O2/c1-18-9-3-7-5-11-16-12(14)13(15)17(11)6-8(7)4-10(9)19-2;3-2(4,5)1(6)7/h3-6H,1-2H3;(H,6,7). The van der Waals surface area contributed by atoms with E-state index < -0.39 is 12.1 Å². The van der Waals surface area contributed by atoms with E-state index in [1.807, 2.05) is 22.7 Å². The van der Waals surface area contributed by atoms with Crippen molar-refractivity contribution >= 4 is 54.2 Å². The minimum absolute atomic E-state index is 0.723. The SMILES string of the molecule is COc1cc2cc3[nH]c(Br)c(Br)[n+]3cc2cc1OC.O=C([O-])C(F)(F)F. The Morgan fingerprint density at radius 2 is 1.62 bits per heavy atom. The fraction of sp³-hybridized carbons (Fsp3) is 0.200. The van der Waals surface area contributed by atoms with Gasteiger partial charge in [0.15, 0.2) is 11.5 Å². The van der Waals surface area contributed by atoms with Crippen molar-refractivity contribution in [2.45, 2.75) is 6.18 Å². The van der Waals surface area contributed by atoms with Crippen LogP contribution in [0.2, 0.25) is 0 Å². The molecule has 6 nitrogen and oxygen atoms in total. The Bertz CT molecular complexity index is 973. The third-order valence-corrected chi connectivity index (χ3v) is 5.16. The van der Waals surface area contributed by atoms with E-state index in [4.69, 9.17) is 19.4 Å². The maximum absolute atomic E-state index is 10.5. The number of halogens is 5. The molecule has 0 saturated carbocycles. The van der Waals surface area contributed by atoms with Gasteiger partial charge in [-0.25, -0.2) is 4.98 Å². The summed E-state index contributed by atoms with van der Waals surface area (Å²) in [5, 5.41) is 10.9. The summed E-state index contributed by atoms with van der Waals surface area (Å²) < 4.78 is 46.1.